The summed E-state index contributed by atoms with van der Waals surface area (Å²) in [5, 5.41) is 13.6. The van der Waals surface area contributed by atoms with Crippen LogP contribution in [0.4, 0.5) is 13.2 Å². The first kappa shape index (κ1) is 28.0. The number of ether oxygens (including phenoxy) is 2. The van der Waals surface area contributed by atoms with Gasteiger partial charge in [-0.05, 0) is 75.7 Å². The van der Waals surface area contributed by atoms with Gasteiger partial charge < -0.3 is 19.5 Å². The zero-order valence-electron chi connectivity index (χ0n) is 23.6. The number of hydrogen-bond acceptors (Lipinski definition) is 4. The molecule has 0 bridgehead atoms. The van der Waals surface area contributed by atoms with Crippen LogP contribution in [0.3, 0.4) is 0 Å². The van der Waals surface area contributed by atoms with Gasteiger partial charge in [-0.3, -0.25) is 4.79 Å². The molecule has 8 heteroatoms. The molecule has 2 heterocycles. The fraction of sp³-hybridized carbons (Fsp3) is 0.194. The summed E-state index contributed by atoms with van der Waals surface area (Å²) < 4.78 is 51.3. The fourth-order valence-corrected chi connectivity index (χ4v) is 6.24. The summed E-state index contributed by atoms with van der Waals surface area (Å²) in [6, 6.07) is 30.9. The van der Waals surface area contributed by atoms with Gasteiger partial charge in [0.2, 0.25) is 6.79 Å². The number of hydrogen-bond donors (Lipinski definition) is 1. The molecule has 222 valence electrons. The normalized spacial score (nSPS) is 15.9. The largest absolute Gasteiger partial charge is 0.454 e. The maximum Gasteiger partial charge on any atom is 0.416 e. The second kappa shape index (κ2) is 10.7. The van der Waals surface area contributed by atoms with E-state index in [4.69, 9.17) is 9.47 Å². The van der Waals surface area contributed by atoms with Crippen LogP contribution < -0.4 is 9.47 Å². The highest BCUT2D eigenvalue weighted by molar-refractivity contribution is 6.05. The predicted molar refractivity (Wildman–Crippen MR) is 161 cm³/mol. The van der Waals surface area contributed by atoms with Gasteiger partial charge in [0.05, 0.1) is 16.7 Å². The first-order chi connectivity index (χ1) is 21.2. The number of fused-ring (bicyclic) bond motifs is 2. The molecule has 0 spiro atoms. The van der Waals surface area contributed by atoms with Crippen molar-refractivity contribution < 1.29 is 32.5 Å². The van der Waals surface area contributed by atoms with Crippen LogP contribution in [-0.4, -0.2) is 35.8 Å². The number of rotatable bonds is 4. The maximum atomic E-state index is 14.1. The SMILES string of the molecule is O=C(c1c(-c2ccc(-c3cccc4ccccc34)cc2)ccc2c1OCO2)N1CCC(O)(c2cccc(C(F)(F)F)c2)CC1. The van der Waals surface area contributed by atoms with Gasteiger partial charge in [-0.2, -0.15) is 13.2 Å². The first-order valence-corrected chi connectivity index (χ1v) is 14.4. The lowest BCUT2D eigenvalue weighted by Crippen LogP contribution is -2.45. The molecule has 0 atom stereocenters. The van der Waals surface area contributed by atoms with E-state index in [1.807, 2.05) is 48.5 Å². The third kappa shape index (κ3) is 4.95. The van der Waals surface area contributed by atoms with Crippen molar-refractivity contribution in [3.8, 4) is 33.8 Å². The van der Waals surface area contributed by atoms with E-state index >= 15 is 0 Å². The third-order valence-electron chi connectivity index (χ3n) is 8.65. The summed E-state index contributed by atoms with van der Waals surface area (Å²) in [6.45, 7) is 0.319. The number of likely N-dealkylation sites (tertiary alicyclic amines) is 1. The second-order valence-corrected chi connectivity index (χ2v) is 11.2. The van der Waals surface area contributed by atoms with E-state index in [9.17, 15) is 23.1 Å². The minimum absolute atomic E-state index is 0.00557. The summed E-state index contributed by atoms with van der Waals surface area (Å²) in [5.74, 6) is 0.554. The van der Waals surface area contributed by atoms with Gasteiger partial charge in [-0.25, -0.2) is 0 Å². The average molecular weight is 596 g/mol. The van der Waals surface area contributed by atoms with E-state index in [0.29, 0.717) is 22.6 Å². The quantitative estimate of drug-likeness (QED) is 0.229. The van der Waals surface area contributed by atoms with Crippen molar-refractivity contribution in [2.24, 2.45) is 0 Å². The van der Waals surface area contributed by atoms with Crippen LogP contribution in [0.25, 0.3) is 33.0 Å². The molecule has 5 nitrogen and oxygen atoms in total. The predicted octanol–water partition coefficient (Wildman–Crippen LogP) is 8.05. The zero-order valence-corrected chi connectivity index (χ0v) is 23.6. The highest BCUT2D eigenvalue weighted by atomic mass is 19.4. The molecule has 2 aliphatic rings. The van der Waals surface area contributed by atoms with E-state index in [-0.39, 0.29) is 44.2 Å². The standard InChI is InChI=1S/C36H28F3NO4/c37-36(38,39)27-8-4-7-26(21-27)35(42)17-19-40(20-18-35)34(41)32-30(15-16-31-33(32)44-22-43-31)25-13-11-24(12-14-25)29-10-3-6-23-5-1-2-9-28(23)29/h1-16,21,42H,17-20,22H2. The molecular weight excluding hydrogens is 567 g/mol. The molecule has 1 N–H and O–H groups in total. The lowest BCUT2D eigenvalue weighted by molar-refractivity contribution is -0.137. The Morgan fingerprint density at radius 3 is 2.20 bits per heavy atom. The number of benzene rings is 5. The first-order valence-electron chi connectivity index (χ1n) is 14.4. The fourth-order valence-electron chi connectivity index (χ4n) is 6.24. The van der Waals surface area contributed by atoms with E-state index in [1.165, 1.54) is 12.1 Å². The highest BCUT2D eigenvalue weighted by Gasteiger charge is 2.39. The molecule has 5 aromatic rings. The van der Waals surface area contributed by atoms with Gasteiger partial charge in [-0.1, -0.05) is 78.9 Å². The van der Waals surface area contributed by atoms with Gasteiger partial charge in [0, 0.05) is 13.1 Å². The molecule has 0 aliphatic carbocycles. The summed E-state index contributed by atoms with van der Waals surface area (Å²) in [7, 11) is 0. The molecule has 7 rings (SSSR count). The van der Waals surface area contributed by atoms with Crippen molar-refractivity contribution >= 4 is 16.7 Å². The molecular formula is C36H28F3NO4. The Hall–Kier alpha value is -4.82. The Balaban J connectivity index is 1.18. The number of carbonyl (C=O) groups is 1. The average Bonchev–Trinajstić information content (AvgIpc) is 3.53. The lowest BCUT2D eigenvalue weighted by atomic mass is 9.83. The number of carbonyl (C=O) groups excluding carboxylic acids is 1. The molecule has 0 unspecified atom stereocenters. The highest BCUT2D eigenvalue weighted by Crippen LogP contribution is 2.44. The van der Waals surface area contributed by atoms with Crippen LogP contribution in [0.15, 0.2) is 103 Å². The molecule has 44 heavy (non-hydrogen) atoms. The van der Waals surface area contributed by atoms with Crippen molar-refractivity contribution in [2.45, 2.75) is 24.6 Å². The van der Waals surface area contributed by atoms with Crippen LogP contribution in [0, 0.1) is 0 Å². The van der Waals surface area contributed by atoms with Crippen molar-refractivity contribution in [3.05, 3.63) is 120 Å². The number of alkyl halides is 3. The summed E-state index contributed by atoms with van der Waals surface area (Å²) in [5.41, 5.74) is 1.94. The molecule has 1 fully saturated rings. The van der Waals surface area contributed by atoms with Crippen molar-refractivity contribution in [1.82, 2.24) is 4.90 Å². The minimum Gasteiger partial charge on any atom is -0.454 e. The Morgan fingerprint density at radius 2 is 1.45 bits per heavy atom. The van der Waals surface area contributed by atoms with Crippen molar-refractivity contribution in [2.75, 3.05) is 19.9 Å². The molecule has 5 aromatic carbocycles. The van der Waals surface area contributed by atoms with Crippen molar-refractivity contribution in [3.63, 3.8) is 0 Å². The Kier molecular flexibility index (Phi) is 6.81. The zero-order chi connectivity index (χ0) is 30.5. The number of aliphatic hydroxyl groups is 1. The van der Waals surface area contributed by atoms with Crippen LogP contribution in [0.2, 0.25) is 0 Å². The van der Waals surface area contributed by atoms with Gasteiger partial charge >= 0.3 is 6.18 Å². The van der Waals surface area contributed by atoms with Crippen molar-refractivity contribution in [1.29, 1.82) is 0 Å². The van der Waals surface area contributed by atoms with Crippen LogP contribution in [0.5, 0.6) is 11.5 Å². The van der Waals surface area contributed by atoms with Crippen LogP contribution in [0.1, 0.15) is 34.3 Å². The van der Waals surface area contributed by atoms with E-state index < -0.39 is 17.3 Å². The van der Waals surface area contributed by atoms with Gasteiger partial charge in [0.1, 0.15) is 0 Å². The van der Waals surface area contributed by atoms with Crippen LogP contribution >= 0.6 is 0 Å². The Bertz CT molecular complexity index is 1870. The molecule has 1 amide bonds. The number of nitrogens with zero attached hydrogens (tertiary/aromatic N) is 1. The molecule has 0 saturated carbocycles. The Morgan fingerprint density at radius 1 is 0.773 bits per heavy atom. The van der Waals surface area contributed by atoms with Gasteiger partial charge in [-0.15, -0.1) is 0 Å². The van der Waals surface area contributed by atoms with Gasteiger partial charge in [0.25, 0.3) is 5.91 Å². The van der Waals surface area contributed by atoms with Gasteiger partial charge in [0.15, 0.2) is 11.5 Å². The monoisotopic (exact) mass is 595 g/mol. The molecule has 0 aromatic heterocycles. The smallest absolute Gasteiger partial charge is 0.416 e. The number of piperidine rings is 1. The second-order valence-electron chi connectivity index (χ2n) is 11.2. The van der Waals surface area contributed by atoms with E-state index in [0.717, 1.165) is 39.6 Å². The lowest BCUT2D eigenvalue weighted by Gasteiger charge is -2.39. The summed E-state index contributed by atoms with van der Waals surface area (Å²) in [6.07, 6.45) is -4.31. The molecule has 2 aliphatic heterocycles. The Labute approximate surface area is 252 Å². The molecule has 1 saturated heterocycles. The van der Waals surface area contributed by atoms with E-state index in [1.54, 1.807) is 11.0 Å². The summed E-state index contributed by atoms with van der Waals surface area (Å²) in [4.78, 5) is 15.7. The van der Waals surface area contributed by atoms with Crippen LogP contribution in [-0.2, 0) is 11.8 Å². The molecule has 0 radical (unpaired) electrons. The summed E-state index contributed by atoms with van der Waals surface area (Å²) >= 11 is 0. The number of halogens is 3. The van der Waals surface area contributed by atoms with E-state index in [2.05, 4.69) is 24.3 Å². The number of amides is 1. The topological polar surface area (TPSA) is 59.0 Å². The third-order valence-corrected chi connectivity index (χ3v) is 8.65. The minimum atomic E-state index is -4.51. The maximum absolute atomic E-state index is 14.1.